The van der Waals surface area contributed by atoms with Crippen LogP contribution in [0.3, 0.4) is 0 Å². The highest BCUT2D eigenvalue weighted by atomic mass is 35.5. The molecule has 7 nitrogen and oxygen atoms in total. The van der Waals surface area contributed by atoms with E-state index in [1.807, 2.05) is 51.1 Å². The van der Waals surface area contributed by atoms with E-state index in [1.54, 1.807) is 49.0 Å². The number of rotatable bonds is 9. The molecule has 0 saturated heterocycles. The largest absolute Gasteiger partial charge is 0.494 e. The molecular formula is C33H31ClN4O3. The minimum Gasteiger partial charge on any atom is -0.494 e. The number of ether oxygens (including phenoxy) is 2. The number of methoxy groups -OCH3 is 1. The van der Waals surface area contributed by atoms with Gasteiger partial charge in [0, 0.05) is 16.5 Å². The maximum absolute atomic E-state index is 13.5. The first-order chi connectivity index (χ1) is 19.7. The van der Waals surface area contributed by atoms with E-state index < -0.39 is 5.97 Å². The van der Waals surface area contributed by atoms with Crippen molar-refractivity contribution >= 4 is 23.3 Å². The molecule has 1 unspecified atom stereocenters. The molecule has 0 aliphatic heterocycles. The summed E-state index contributed by atoms with van der Waals surface area (Å²) in [6, 6.07) is 20.5. The van der Waals surface area contributed by atoms with Crippen molar-refractivity contribution < 1.29 is 14.3 Å². The number of carbonyl (C=O) groups is 1. The number of aromatic nitrogens is 2. The van der Waals surface area contributed by atoms with E-state index in [0.717, 1.165) is 27.9 Å². The van der Waals surface area contributed by atoms with Gasteiger partial charge < -0.3 is 9.47 Å². The molecule has 1 heterocycles. The van der Waals surface area contributed by atoms with Crippen molar-refractivity contribution in [3.63, 3.8) is 0 Å². The fraction of sp³-hybridized carbons (Fsp3) is 0.273. The minimum atomic E-state index is -0.538. The number of esters is 1. The van der Waals surface area contributed by atoms with E-state index in [0.29, 0.717) is 34.1 Å². The lowest BCUT2D eigenvalue weighted by atomic mass is 9.81. The second-order valence-electron chi connectivity index (χ2n) is 9.96. The highest BCUT2D eigenvalue weighted by Gasteiger charge is 2.33. The van der Waals surface area contributed by atoms with E-state index in [9.17, 15) is 10.1 Å². The Labute approximate surface area is 245 Å². The lowest BCUT2D eigenvalue weighted by molar-refractivity contribution is 0.0517. The number of carbonyl (C=O) groups excluding carboxylic acids is 1. The third kappa shape index (κ3) is 6.11. The summed E-state index contributed by atoms with van der Waals surface area (Å²) in [5.41, 5.74) is 6.22. The molecule has 1 atom stereocenters. The number of halogens is 1. The van der Waals surface area contributed by atoms with Gasteiger partial charge >= 0.3 is 5.97 Å². The Morgan fingerprint density at radius 1 is 1.15 bits per heavy atom. The molecule has 4 rings (SSSR count). The van der Waals surface area contributed by atoms with Crippen LogP contribution >= 0.6 is 11.6 Å². The zero-order chi connectivity index (χ0) is 29.7. The molecule has 0 bridgehead atoms. The summed E-state index contributed by atoms with van der Waals surface area (Å²) in [4.78, 5) is 17.1. The maximum Gasteiger partial charge on any atom is 0.359 e. The van der Waals surface area contributed by atoms with Gasteiger partial charge in [-0.25, -0.2) is 14.3 Å². The summed E-state index contributed by atoms with van der Waals surface area (Å²) in [5.74, 6) is -0.438. The van der Waals surface area contributed by atoms with Crippen molar-refractivity contribution in [3.8, 4) is 17.5 Å². The molecule has 0 amide bonds. The van der Waals surface area contributed by atoms with Crippen molar-refractivity contribution in [3.05, 3.63) is 116 Å². The Bertz CT molecular complexity index is 1660. The fourth-order valence-corrected chi connectivity index (χ4v) is 5.24. The lowest BCUT2D eigenvalue weighted by Crippen LogP contribution is -2.15. The number of nitrogens with zero attached hydrogens (tertiary/aromatic N) is 4. The smallest absolute Gasteiger partial charge is 0.359 e. The fourth-order valence-electron chi connectivity index (χ4n) is 5.05. The highest BCUT2D eigenvalue weighted by Crippen LogP contribution is 2.40. The molecule has 0 aliphatic carbocycles. The molecule has 4 aromatic rings. The van der Waals surface area contributed by atoms with Crippen LogP contribution in [0.15, 0.2) is 60.7 Å². The van der Waals surface area contributed by atoms with Gasteiger partial charge in [0.25, 0.3) is 0 Å². The van der Waals surface area contributed by atoms with Crippen LogP contribution in [0.5, 0.6) is 5.75 Å². The van der Waals surface area contributed by atoms with E-state index in [2.05, 4.69) is 10.9 Å². The number of hydrogen-bond acceptors (Lipinski definition) is 5. The summed E-state index contributed by atoms with van der Waals surface area (Å²) < 4.78 is 12.9. The molecular weight excluding hydrogens is 536 g/mol. The van der Waals surface area contributed by atoms with Crippen molar-refractivity contribution in [1.29, 1.82) is 5.26 Å². The van der Waals surface area contributed by atoms with Gasteiger partial charge in [-0.05, 0) is 73.2 Å². The van der Waals surface area contributed by atoms with Gasteiger partial charge in [0.15, 0.2) is 11.4 Å². The monoisotopic (exact) mass is 566 g/mol. The van der Waals surface area contributed by atoms with Crippen LogP contribution in [0.25, 0.3) is 10.5 Å². The van der Waals surface area contributed by atoms with Crippen LogP contribution < -0.4 is 4.74 Å². The standard InChI is InChI=1S/C33H31ClN4O3/c1-7-41-33(39)31-30(32(20(2)3)38(37-31)28-16-22(19-35)9-15-29(28)40-6)27(23-10-13-26(36-5)14-11-23)18-24-17-25(34)12-8-21(24)4/h8-17,20,27H,7,18H2,1-4,6H3. The molecule has 0 fully saturated rings. The van der Waals surface area contributed by atoms with Crippen molar-refractivity contribution in [2.45, 2.75) is 46.0 Å². The minimum absolute atomic E-state index is 0.0819. The van der Waals surface area contributed by atoms with Gasteiger partial charge in [-0.2, -0.15) is 10.4 Å². The molecule has 0 radical (unpaired) electrons. The van der Waals surface area contributed by atoms with Crippen molar-refractivity contribution in [1.82, 2.24) is 9.78 Å². The third-order valence-electron chi connectivity index (χ3n) is 7.02. The topological polar surface area (TPSA) is 81.5 Å². The zero-order valence-corrected chi connectivity index (χ0v) is 24.5. The molecule has 0 N–H and O–H groups in total. The molecule has 0 aliphatic rings. The molecule has 208 valence electrons. The van der Waals surface area contributed by atoms with Crippen LogP contribution in [-0.4, -0.2) is 29.5 Å². The van der Waals surface area contributed by atoms with E-state index in [1.165, 1.54) is 0 Å². The number of aryl methyl sites for hydroxylation is 1. The summed E-state index contributed by atoms with van der Waals surface area (Å²) in [5, 5.41) is 15.1. The van der Waals surface area contributed by atoms with Crippen molar-refractivity contribution in [2.75, 3.05) is 13.7 Å². The second kappa shape index (κ2) is 12.7. The van der Waals surface area contributed by atoms with Gasteiger partial charge in [0.1, 0.15) is 11.4 Å². The molecule has 41 heavy (non-hydrogen) atoms. The van der Waals surface area contributed by atoms with Crippen LogP contribution in [0.2, 0.25) is 5.02 Å². The highest BCUT2D eigenvalue weighted by molar-refractivity contribution is 6.30. The van der Waals surface area contributed by atoms with Crippen LogP contribution in [0.4, 0.5) is 5.69 Å². The Kier molecular flexibility index (Phi) is 9.12. The van der Waals surface area contributed by atoms with Crippen molar-refractivity contribution in [2.24, 2.45) is 0 Å². The summed E-state index contributed by atoms with van der Waals surface area (Å²) in [6.45, 7) is 15.5. The average molecular weight is 567 g/mol. The lowest BCUT2D eigenvalue weighted by Gasteiger charge is -2.23. The predicted octanol–water partition coefficient (Wildman–Crippen LogP) is 7.94. The first-order valence-electron chi connectivity index (χ1n) is 13.3. The second-order valence-corrected chi connectivity index (χ2v) is 10.4. The summed E-state index contributed by atoms with van der Waals surface area (Å²) in [6.07, 6.45) is 0.525. The van der Waals surface area contributed by atoms with Crippen LogP contribution in [0.1, 0.15) is 76.6 Å². The summed E-state index contributed by atoms with van der Waals surface area (Å²) >= 11 is 6.42. The Balaban J connectivity index is 2.08. The molecule has 3 aromatic carbocycles. The van der Waals surface area contributed by atoms with Gasteiger partial charge in [-0.3, -0.25) is 0 Å². The third-order valence-corrected chi connectivity index (χ3v) is 7.25. The first kappa shape index (κ1) is 29.4. The molecule has 0 saturated carbocycles. The van der Waals surface area contributed by atoms with Gasteiger partial charge in [0.2, 0.25) is 0 Å². The Hall–Kier alpha value is -4.59. The van der Waals surface area contributed by atoms with Gasteiger partial charge in [-0.1, -0.05) is 55.8 Å². The maximum atomic E-state index is 13.5. The number of benzene rings is 3. The Morgan fingerprint density at radius 3 is 2.49 bits per heavy atom. The van der Waals surface area contributed by atoms with Gasteiger partial charge in [0.05, 0.1) is 37.6 Å². The molecule has 1 aromatic heterocycles. The quantitative estimate of drug-likeness (QED) is 0.152. The molecule has 8 heteroatoms. The normalized spacial score (nSPS) is 11.5. The van der Waals surface area contributed by atoms with Crippen LogP contribution in [-0.2, 0) is 11.2 Å². The van der Waals surface area contributed by atoms with E-state index in [-0.39, 0.29) is 24.1 Å². The SMILES string of the molecule is [C-]#[N+]c1ccc(C(Cc2cc(Cl)ccc2C)c2c(C(=O)OCC)nn(-c3cc(C#N)ccc3OC)c2C(C)C)cc1. The average Bonchev–Trinajstić information content (AvgIpc) is 3.38. The predicted molar refractivity (Wildman–Crippen MR) is 159 cm³/mol. The zero-order valence-electron chi connectivity index (χ0n) is 23.7. The van der Waals surface area contributed by atoms with Crippen LogP contribution in [0, 0.1) is 24.8 Å². The Morgan fingerprint density at radius 2 is 1.88 bits per heavy atom. The van der Waals surface area contributed by atoms with E-state index >= 15 is 0 Å². The molecule has 0 spiro atoms. The first-order valence-corrected chi connectivity index (χ1v) is 13.7. The van der Waals surface area contributed by atoms with E-state index in [4.69, 9.17) is 32.7 Å². The number of hydrogen-bond donors (Lipinski definition) is 0. The summed E-state index contributed by atoms with van der Waals surface area (Å²) in [7, 11) is 1.56. The van der Waals surface area contributed by atoms with Gasteiger partial charge in [-0.15, -0.1) is 0 Å². The number of nitriles is 1.